The number of anilines is 2. The lowest BCUT2D eigenvalue weighted by Gasteiger charge is -2.32. The third-order valence-corrected chi connectivity index (χ3v) is 4.15. The molecule has 0 bridgehead atoms. The van der Waals surface area contributed by atoms with E-state index in [-0.39, 0.29) is 5.97 Å². The van der Waals surface area contributed by atoms with E-state index in [0.29, 0.717) is 17.3 Å². The molecule has 0 spiro atoms. The molecule has 116 valence electrons. The van der Waals surface area contributed by atoms with Crippen LogP contribution in [0.1, 0.15) is 30.1 Å². The van der Waals surface area contributed by atoms with Crippen molar-refractivity contribution in [2.45, 2.75) is 25.8 Å². The molecule has 1 aromatic rings. The highest BCUT2D eigenvalue weighted by Crippen LogP contribution is 2.26. The van der Waals surface area contributed by atoms with Crippen LogP contribution in [0.25, 0.3) is 0 Å². The molecule has 21 heavy (non-hydrogen) atoms. The Kier molecular flexibility index (Phi) is 5.07. The number of hydrogen-bond donors (Lipinski definition) is 1. The zero-order valence-electron chi connectivity index (χ0n) is 13.1. The fourth-order valence-corrected chi connectivity index (χ4v) is 2.94. The highest BCUT2D eigenvalue weighted by atomic mass is 16.5. The Balaban J connectivity index is 2.33. The number of carbonyl (C=O) groups excluding carboxylic acids is 1. The number of likely N-dealkylation sites (N-methyl/N-ethyl adjacent to an activating group) is 1. The van der Waals surface area contributed by atoms with Gasteiger partial charge in [-0.15, -0.1) is 0 Å². The predicted octanol–water partition coefficient (Wildman–Crippen LogP) is 1.98. The minimum atomic E-state index is -0.380. The second kappa shape index (κ2) is 6.80. The Morgan fingerprint density at radius 2 is 2.19 bits per heavy atom. The van der Waals surface area contributed by atoms with Crippen LogP contribution in [0.2, 0.25) is 0 Å². The fourth-order valence-electron chi connectivity index (χ4n) is 2.94. The maximum absolute atomic E-state index is 11.8. The molecule has 1 unspecified atom stereocenters. The quantitative estimate of drug-likeness (QED) is 0.681. The number of benzene rings is 1. The van der Waals surface area contributed by atoms with Crippen molar-refractivity contribution in [1.29, 1.82) is 0 Å². The molecule has 1 saturated heterocycles. The van der Waals surface area contributed by atoms with Gasteiger partial charge in [-0.2, -0.15) is 0 Å². The van der Waals surface area contributed by atoms with Crippen molar-refractivity contribution in [2.24, 2.45) is 0 Å². The summed E-state index contributed by atoms with van der Waals surface area (Å²) in [5.74, 6) is -0.380. The lowest BCUT2D eigenvalue weighted by atomic mass is 10.1. The summed E-state index contributed by atoms with van der Waals surface area (Å²) in [6, 6.07) is 6.10. The number of esters is 1. The van der Waals surface area contributed by atoms with Gasteiger partial charge in [-0.1, -0.05) is 6.92 Å². The van der Waals surface area contributed by atoms with Crippen LogP contribution in [-0.4, -0.2) is 50.7 Å². The summed E-state index contributed by atoms with van der Waals surface area (Å²) in [5.41, 5.74) is 7.85. The average Bonchev–Trinajstić information content (AvgIpc) is 2.68. The fraction of sp³-hybridized carbons (Fsp3) is 0.562. The van der Waals surface area contributed by atoms with Crippen molar-refractivity contribution in [2.75, 3.05) is 44.4 Å². The first-order chi connectivity index (χ1) is 10.1. The molecule has 2 N–H and O–H groups in total. The van der Waals surface area contributed by atoms with Crippen LogP contribution in [0.3, 0.4) is 0 Å². The lowest BCUT2D eigenvalue weighted by Crippen LogP contribution is -2.39. The molecule has 0 aliphatic carbocycles. The van der Waals surface area contributed by atoms with E-state index in [2.05, 4.69) is 23.8 Å². The number of nitrogens with two attached hydrogens (primary N) is 1. The highest BCUT2D eigenvalue weighted by Gasteiger charge is 2.23. The van der Waals surface area contributed by atoms with Crippen LogP contribution in [-0.2, 0) is 4.74 Å². The summed E-state index contributed by atoms with van der Waals surface area (Å²) in [6.07, 6.45) is 2.19. The Morgan fingerprint density at radius 3 is 2.86 bits per heavy atom. The van der Waals surface area contributed by atoms with Gasteiger partial charge in [0.25, 0.3) is 0 Å². The van der Waals surface area contributed by atoms with Crippen LogP contribution in [0.5, 0.6) is 0 Å². The third-order valence-electron chi connectivity index (χ3n) is 4.15. The van der Waals surface area contributed by atoms with Crippen molar-refractivity contribution in [1.82, 2.24) is 4.90 Å². The first-order valence-corrected chi connectivity index (χ1v) is 7.49. The zero-order chi connectivity index (χ0) is 15.4. The van der Waals surface area contributed by atoms with E-state index in [0.717, 1.165) is 38.2 Å². The summed E-state index contributed by atoms with van der Waals surface area (Å²) < 4.78 is 4.81. The van der Waals surface area contributed by atoms with Crippen molar-refractivity contribution in [3.63, 3.8) is 0 Å². The maximum atomic E-state index is 11.8. The second-order valence-corrected chi connectivity index (χ2v) is 5.63. The van der Waals surface area contributed by atoms with Crippen LogP contribution in [0.15, 0.2) is 18.2 Å². The first kappa shape index (κ1) is 15.6. The SMILES string of the molecule is CCC1CN(C)CCCN1c1ccc(N)c(C(=O)OC)c1. The molecular weight excluding hydrogens is 266 g/mol. The molecule has 1 atom stereocenters. The molecule has 0 saturated carbocycles. The molecule has 2 rings (SSSR count). The summed E-state index contributed by atoms with van der Waals surface area (Å²) in [6.45, 7) is 5.34. The molecule has 1 aromatic carbocycles. The van der Waals surface area contributed by atoms with Gasteiger partial charge in [-0.25, -0.2) is 4.79 Å². The Morgan fingerprint density at radius 1 is 1.43 bits per heavy atom. The molecule has 0 radical (unpaired) electrons. The van der Waals surface area contributed by atoms with Crippen molar-refractivity contribution < 1.29 is 9.53 Å². The molecular formula is C16H25N3O2. The number of nitrogens with zero attached hydrogens (tertiary/aromatic N) is 2. The Bertz CT molecular complexity index is 504. The standard InChI is InChI=1S/C16H25N3O2/c1-4-12-11-18(2)8-5-9-19(12)13-6-7-15(17)14(10-13)16(20)21-3/h6-7,10,12H,4-5,8-9,11,17H2,1-3H3. The summed E-state index contributed by atoms with van der Waals surface area (Å²) >= 11 is 0. The maximum Gasteiger partial charge on any atom is 0.340 e. The number of methoxy groups -OCH3 is 1. The molecule has 0 amide bonds. The molecule has 5 nitrogen and oxygen atoms in total. The minimum absolute atomic E-state index is 0.380. The van der Waals surface area contributed by atoms with Crippen molar-refractivity contribution >= 4 is 17.3 Å². The van der Waals surface area contributed by atoms with Crippen LogP contribution < -0.4 is 10.6 Å². The molecule has 1 aliphatic rings. The zero-order valence-corrected chi connectivity index (χ0v) is 13.1. The van der Waals surface area contributed by atoms with Crippen LogP contribution in [0, 0.1) is 0 Å². The summed E-state index contributed by atoms with van der Waals surface area (Å²) in [4.78, 5) is 16.6. The minimum Gasteiger partial charge on any atom is -0.465 e. The summed E-state index contributed by atoms with van der Waals surface area (Å²) in [7, 11) is 3.54. The van der Waals surface area contributed by atoms with Crippen molar-refractivity contribution in [3.8, 4) is 0 Å². The lowest BCUT2D eigenvalue weighted by molar-refractivity contribution is 0.0602. The topological polar surface area (TPSA) is 58.8 Å². The van der Waals surface area contributed by atoms with E-state index >= 15 is 0 Å². The van der Waals surface area contributed by atoms with E-state index < -0.39 is 0 Å². The van der Waals surface area contributed by atoms with Gasteiger partial charge in [-0.05, 0) is 44.6 Å². The Hall–Kier alpha value is -1.75. The molecule has 1 aliphatic heterocycles. The third kappa shape index (κ3) is 3.47. The van der Waals surface area contributed by atoms with Gasteiger partial charge in [0.15, 0.2) is 0 Å². The highest BCUT2D eigenvalue weighted by molar-refractivity contribution is 5.96. The van der Waals surface area contributed by atoms with E-state index in [4.69, 9.17) is 10.5 Å². The first-order valence-electron chi connectivity index (χ1n) is 7.49. The number of hydrogen-bond acceptors (Lipinski definition) is 5. The van der Waals surface area contributed by atoms with Gasteiger partial charge in [0.1, 0.15) is 0 Å². The molecule has 0 aromatic heterocycles. The average molecular weight is 291 g/mol. The molecule has 5 heteroatoms. The molecule has 1 heterocycles. The monoisotopic (exact) mass is 291 g/mol. The predicted molar refractivity (Wildman–Crippen MR) is 85.7 cm³/mol. The molecule has 1 fully saturated rings. The van der Waals surface area contributed by atoms with Gasteiger partial charge in [0.2, 0.25) is 0 Å². The van der Waals surface area contributed by atoms with Crippen LogP contribution in [0.4, 0.5) is 11.4 Å². The second-order valence-electron chi connectivity index (χ2n) is 5.63. The van der Waals surface area contributed by atoms with E-state index in [1.54, 1.807) is 6.07 Å². The van der Waals surface area contributed by atoms with E-state index in [1.165, 1.54) is 7.11 Å². The number of ether oxygens (including phenoxy) is 1. The largest absolute Gasteiger partial charge is 0.465 e. The van der Waals surface area contributed by atoms with E-state index in [1.807, 2.05) is 12.1 Å². The number of nitrogen functional groups attached to an aromatic ring is 1. The van der Waals surface area contributed by atoms with Gasteiger partial charge in [0.05, 0.1) is 12.7 Å². The number of rotatable bonds is 3. The normalized spacial score (nSPS) is 20.1. The van der Waals surface area contributed by atoms with Crippen LogP contribution >= 0.6 is 0 Å². The van der Waals surface area contributed by atoms with Crippen molar-refractivity contribution in [3.05, 3.63) is 23.8 Å². The summed E-state index contributed by atoms with van der Waals surface area (Å²) in [5, 5.41) is 0. The smallest absolute Gasteiger partial charge is 0.340 e. The van der Waals surface area contributed by atoms with Gasteiger partial charge in [-0.3, -0.25) is 0 Å². The Labute approximate surface area is 126 Å². The van der Waals surface area contributed by atoms with Gasteiger partial charge < -0.3 is 20.3 Å². The van der Waals surface area contributed by atoms with E-state index in [9.17, 15) is 4.79 Å². The van der Waals surface area contributed by atoms with Gasteiger partial charge >= 0.3 is 5.97 Å². The van der Waals surface area contributed by atoms with Gasteiger partial charge in [0, 0.05) is 30.5 Å². The number of carbonyl (C=O) groups is 1.